The molecule has 0 saturated carbocycles. The van der Waals surface area contributed by atoms with Crippen molar-refractivity contribution in [3.63, 3.8) is 0 Å². The number of hydrogen-bond acceptors (Lipinski definition) is 4. The average Bonchev–Trinajstić information content (AvgIpc) is 2.95. The summed E-state index contributed by atoms with van der Waals surface area (Å²) < 4.78 is 0. The number of halogens is 1. The van der Waals surface area contributed by atoms with Gasteiger partial charge in [-0.15, -0.1) is 11.3 Å². The predicted octanol–water partition coefficient (Wildman–Crippen LogP) is 4.88. The van der Waals surface area contributed by atoms with E-state index < -0.39 is 0 Å². The Hall–Kier alpha value is -1.91. The molecular weight excluding hydrogens is 302 g/mol. The van der Waals surface area contributed by atoms with Crippen LogP contribution in [0.3, 0.4) is 0 Å². The van der Waals surface area contributed by atoms with Crippen molar-refractivity contribution in [2.45, 2.75) is 6.92 Å². The lowest BCUT2D eigenvalue weighted by molar-refractivity contribution is 1.14. The molecule has 0 atom stereocenters. The highest BCUT2D eigenvalue weighted by Crippen LogP contribution is 2.32. The van der Waals surface area contributed by atoms with Crippen LogP contribution < -0.4 is 5.32 Å². The Morgan fingerprint density at radius 1 is 1.14 bits per heavy atom. The first-order valence-corrected chi connectivity index (χ1v) is 7.81. The Kier molecular flexibility index (Phi) is 3.90. The molecule has 1 N–H and O–H groups in total. The third-order valence-electron chi connectivity index (χ3n) is 3.22. The van der Waals surface area contributed by atoms with Crippen LogP contribution in [0.2, 0.25) is 5.02 Å². The molecule has 0 fully saturated rings. The van der Waals surface area contributed by atoms with Gasteiger partial charge in [-0.2, -0.15) is 0 Å². The van der Waals surface area contributed by atoms with Crippen LogP contribution in [-0.4, -0.2) is 17.0 Å². The first-order chi connectivity index (χ1) is 10.2. The van der Waals surface area contributed by atoms with Gasteiger partial charge in [-0.3, -0.25) is 0 Å². The summed E-state index contributed by atoms with van der Waals surface area (Å²) in [5.74, 6) is 1.53. The second kappa shape index (κ2) is 5.84. The quantitative estimate of drug-likeness (QED) is 0.749. The highest BCUT2D eigenvalue weighted by molar-refractivity contribution is 7.14. The van der Waals surface area contributed by atoms with Crippen LogP contribution in [0, 0.1) is 6.92 Å². The summed E-state index contributed by atoms with van der Waals surface area (Å²) in [6.07, 6.45) is 0. The zero-order valence-corrected chi connectivity index (χ0v) is 13.3. The standard InChI is InChI=1S/C16H14ClN3S/c1-10-14(11-6-4-3-5-7-11)19-16(20-15(10)18-2)13-8-12(17)9-21-13/h3-9H,1-2H3,(H,18,19,20). The molecule has 0 amide bonds. The van der Waals surface area contributed by atoms with Crippen molar-refractivity contribution in [3.05, 3.63) is 52.4 Å². The molecule has 0 bridgehead atoms. The topological polar surface area (TPSA) is 37.8 Å². The van der Waals surface area contributed by atoms with E-state index in [1.54, 1.807) is 11.3 Å². The van der Waals surface area contributed by atoms with E-state index in [0.717, 1.165) is 27.5 Å². The second-order valence-corrected chi connectivity index (χ2v) is 5.96. The second-order valence-electron chi connectivity index (χ2n) is 4.61. The van der Waals surface area contributed by atoms with Crippen LogP contribution in [-0.2, 0) is 0 Å². The third-order valence-corrected chi connectivity index (χ3v) is 4.49. The minimum absolute atomic E-state index is 0.695. The lowest BCUT2D eigenvalue weighted by Gasteiger charge is -2.11. The summed E-state index contributed by atoms with van der Waals surface area (Å²) in [6, 6.07) is 12.0. The maximum atomic E-state index is 6.01. The van der Waals surface area contributed by atoms with Gasteiger partial charge in [0.1, 0.15) is 5.82 Å². The normalized spacial score (nSPS) is 10.6. The Morgan fingerprint density at radius 3 is 2.52 bits per heavy atom. The number of hydrogen-bond donors (Lipinski definition) is 1. The van der Waals surface area contributed by atoms with E-state index in [1.165, 1.54) is 0 Å². The number of nitrogens with one attached hydrogen (secondary N) is 1. The zero-order valence-electron chi connectivity index (χ0n) is 11.7. The molecule has 3 nitrogen and oxygen atoms in total. The average molecular weight is 316 g/mol. The Balaban J connectivity index is 2.20. The summed E-state index contributed by atoms with van der Waals surface area (Å²) in [5.41, 5.74) is 3.06. The van der Waals surface area contributed by atoms with Gasteiger partial charge in [0, 0.05) is 23.6 Å². The Labute approximate surface area is 132 Å². The fourth-order valence-corrected chi connectivity index (χ4v) is 3.18. The largest absolute Gasteiger partial charge is 0.373 e. The van der Waals surface area contributed by atoms with Crippen LogP contribution in [0.25, 0.3) is 22.0 Å². The van der Waals surface area contributed by atoms with Crippen LogP contribution in [0.4, 0.5) is 5.82 Å². The fourth-order valence-electron chi connectivity index (χ4n) is 2.18. The number of benzene rings is 1. The van der Waals surface area contributed by atoms with Gasteiger partial charge in [-0.1, -0.05) is 41.9 Å². The van der Waals surface area contributed by atoms with E-state index >= 15 is 0 Å². The van der Waals surface area contributed by atoms with Gasteiger partial charge in [0.25, 0.3) is 0 Å². The third kappa shape index (κ3) is 2.77. The van der Waals surface area contributed by atoms with Crippen molar-refractivity contribution in [2.75, 3.05) is 12.4 Å². The predicted molar refractivity (Wildman–Crippen MR) is 90.1 cm³/mol. The first-order valence-electron chi connectivity index (χ1n) is 6.55. The molecule has 0 aliphatic heterocycles. The van der Waals surface area contributed by atoms with Gasteiger partial charge >= 0.3 is 0 Å². The maximum Gasteiger partial charge on any atom is 0.172 e. The van der Waals surface area contributed by atoms with Gasteiger partial charge in [0.05, 0.1) is 15.6 Å². The maximum absolute atomic E-state index is 6.01. The fraction of sp³-hybridized carbons (Fsp3) is 0.125. The minimum atomic E-state index is 0.695. The smallest absolute Gasteiger partial charge is 0.172 e. The summed E-state index contributed by atoms with van der Waals surface area (Å²) in [7, 11) is 1.87. The molecule has 0 radical (unpaired) electrons. The molecule has 0 aliphatic carbocycles. The van der Waals surface area contributed by atoms with Gasteiger partial charge in [-0.25, -0.2) is 9.97 Å². The van der Waals surface area contributed by atoms with E-state index in [1.807, 2.05) is 43.6 Å². The zero-order chi connectivity index (χ0) is 14.8. The van der Waals surface area contributed by atoms with E-state index in [4.69, 9.17) is 16.6 Å². The Morgan fingerprint density at radius 2 is 1.90 bits per heavy atom. The van der Waals surface area contributed by atoms with E-state index in [9.17, 15) is 0 Å². The molecule has 2 heterocycles. The minimum Gasteiger partial charge on any atom is -0.373 e. The van der Waals surface area contributed by atoms with Gasteiger partial charge in [0.15, 0.2) is 5.82 Å². The monoisotopic (exact) mass is 315 g/mol. The molecule has 21 heavy (non-hydrogen) atoms. The van der Waals surface area contributed by atoms with Crippen molar-refractivity contribution < 1.29 is 0 Å². The van der Waals surface area contributed by atoms with E-state index in [2.05, 4.69) is 22.4 Å². The molecule has 5 heteroatoms. The van der Waals surface area contributed by atoms with Crippen LogP contribution in [0.5, 0.6) is 0 Å². The van der Waals surface area contributed by atoms with Crippen LogP contribution in [0.15, 0.2) is 41.8 Å². The van der Waals surface area contributed by atoms with E-state index in [0.29, 0.717) is 10.8 Å². The molecule has 0 unspecified atom stereocenters. The first kappa shape index (κ1) is 14.0. The summed E-state index contributed by atoms with van der Waals surface area (Å²) in [4.78, 5) is 10.3. The van der Waals surface area contributed by atoms with Crippen molar-refractivity contribution in [1.82, 2.24) is 9.97 Å². The van der Waals surface area contributed by atoms with Crippen molar-refractivity contribution >= 4 is 28.8 Å². The lowest BCUT2D eigenvalue weighted by Crippen LogP contribution is -2.02. The highest BCUT2D eigenvalue weighted by atomic mass is 35.5. The van der Waals surface area contributed by atoms with E-state index in [-0.39, 0.29) is 0 Å². The van der Waals surface area contributed by atoms with Gasteiger partial charge in [-0.05, 0) is 13.0 Å². The van der Waals surface area contributed by atoms with Crippen molar-refractivity contribution in [3.8, 4) is 22.0 Å². The highest BCUT2D eigenvalue weighted by Gasteiger charge is 2.14. The number of aromatic nitrogens is 2. The number of nitrogens with zero attached hydrogens (tertiary/aromatic N) is 2. The van der Waals surface area contributed by atoms with Crippen molar-refractivity contribution in [2.24, 2.45) is 0 Å². The van der Waals surface area contributed by atoms with Crippen LogP contribution in [0.1, 0.15) is 5.56 Å². The van der Waals surface area contributed by atoms with Crippen molar-refractivity contribution in [1.29, 1.82) is 0 Å². The number of rotatable bonds is 3. The van der Waals surface area contributed by atoms with Gasteiger partial charge < -0.3 is 5.32 Å². The summed E-state index contributed by atoms with van der Waals surface area (Å²) in [5, 5.41) is 5.75. The molecule has 1 aromatic carbocycles. The SMILES string of the molecule is CNc1nc(-c2cc(Cl)cs2)nc(-c2ccccc2)c1C. The molecule has 3 aromatic rings. The molecular formula is C16H14ClN3S. The molecule has 0 saturated heterocycles. The number of thiophene rings is 1. The lowest BCUT2D eigenvalue weighted by atomic mass is 10.1. The summed E-state index contributed by atoms with van der Waals surface area (Å²) >= 11 is 7.56. The van der Waals surface area contributed by atoms with Gasteiger partial charge in [0.2, 0.25) is 0 Å². The molecule has 0 spiro atoms. The molecule has 2 aromatic heterocycles. The Bertz CT molecular complexity index is 768. The summed E-state index contributed by atoms with van der Waals surface area (Å²) in [6.45, 7) is 2.03. The molecule has 3 rings (SSSR count). The number of anilines is 1. The molecule has 106 valence electrons. The molecule has 0 aliphatic rings. The van der Waals surface area contributed by atoms with Crippen LogP contribution >= 0.6 is 22.9 Å².